The van der Waals surface area contributed by atoms with E-state index in [2.05, 4.69) is 36.2 Å². The van der Waals surface area contributed by atoms with Crippen LogP contribution in [0.3, 0.4) is 0 Å². The van der Waals surface area contributed by atoms with Crippen LogP contribution in [-0.4, -0.2) is 16.1 Å². The number of hydrogen-bond acceptors (Lipinski definition) is 2. The van der Waals surface area contributed by atoms with E-state index in [4.69, 9.17) is 5.11 Å². The molecule has 20 heavy (non-hydrogen) atoms. The summed E-state index contributed by atoms with van der Waals surface area (Å²) in [4.78, 5) is 15.2. The fraction of sp³-hybridized carbons (Fsp3) is 0.294. The van der Waals surface area contributed by atoms with Gasteiger partial charge < -0.3 is 5.11 Å². The third-order valence-electron chi connectivity index (χ3n) is 3.37. The van der Waals surface area contributed by atoms with Crippen LogP contribution in [0.15, 0.2) is 36.5 Å². The Morgan fingerprint density at radius 2 is 1.95 bits per heavy atom. The van der Waals surface area contributed by atoms with E-state index >= 15 is 0 Å². The van der Waals surface area contributed by atoms with Crippen molar-refractivity contribution < 1.29 is 9.90 Å². The number of hydrogen-bond donors (Lipinski definition) is 1. The quantitative estimate of drug-likeness (QED) is 0.889. The van der Waals surface area contributed by atoms with Crippen molar-refractivity contribution in [3.05, 3.63) is 53.2 Å². The van der Waals surface area contributed by atoms with Gasteiger partial charge in [0.15, 0.2) is 0 Å². The van der Waals surface area contributed by atoms with Crippen molar-refractivity contribution in [1.29, 1.82) is 0 Å². The van der Waals surface area contributed by atoms with Crippen molar-refractivity contribution in [2.45, 2.75) is 33.1 Å². The number of rotatable bonds is 5. The molecule has 0 saturated carbocycles. The molecule has 0 aliphatic heterocycles. The Bertz CT molecular complexity index is 603. The third-order valence-corrected chi connectivity index (χ3v) is 3.37. The number of nitrogens with zero attached hydrogens (tertiary/aromatic N) is 1. The fourth-order valence-electron chi connectivity index (χ4n) is 2.20. The first kappa shape index (κ1) is 14.3. The second kappa shape index (κ2) is 6.33. The minimum absolute atomic E-state index is 0.228. The summed E-state index contributed by atoms with van der Waals surface area (Å²) in [5, 5.41) is 8.95. The number of benzene rings is 1. The second-order valence-corrected chi connectivity index (χ2v) is 5.00. The van der Waals surface area contributed by atoms with Gasteiger partial charge in [-0.2, -0.15) is 0 Å². The van der Waals surface area contributed by atoms with Gasteiger partial charge in [-0.25, -0.2) is 4.79 Å². The summed E-state index contributed by atoms with van der Waals surface area (Å²) in [6.07, 6.45) is 4.90. The highest BCUT2D eigenvalue weighted by atomic mass is 16.4. The van der Waals surface area contributed by atoms with E-state index in [1.54, 1.807) is 6.07 Å². The monoisotopic (exact) mass is 269 g/mol. The lowest BCUT2D eigenvalue weighted by Gasteiger charge is -2.07. The van der Waals surface area contributed by atoms with E-state index in [1.165, 1.54) is 24.6 Å². The molecular formula is C17H19NO2. The summed E-state index contributed by atoms with van der Waals surface area (Å²) in [5.41, 5.74) is 4.31. The topological polar surface area (TPSA) is 50.2 Å². The summed E-state index contributed by atoms with van der Waals surface area (Å²) in [5.74, 6) is -0.943. The number of aromatic carboxylic acids is 1. The zero-order valence-corrected chi connectivity index (χ0v) is 11.9. The van der Waals surface area contributed by atoms with Gasteiger partial charge in [0, 0.05) is 11.8 Å². The van der Waals surface area contributed by atoms with Crippen molar-refractivity contribution in [2.24, 2.45) is 0 Å². The Hall–Kier alpha value is -2.16. The summed E-state index contributed by atoms with van der Waals surface area (Å²) < 4.78 is 0. The number of pyridine rings is 1. The van der Waals surface area contributed by atoms with E-state index < -0.39 is 5.97 Å². The van der Waals surface area contributed by atoms with Crippen LogP contribution < -0.4 is 0 Å². The predicted molar refractivity (Wildman–Crippen MR) is 80.0 cm³/mol. The Kier molecular flexibility index (Phi) is 4.51. The van der Waals surface area contributed by atoms with Crippen LogP contribution in [0.1, 0.15) is 41.3 Å². The maximum absolute atomic E-state index is 10.9. The summed E-state index contributed by atoms with van der Waals surface area (Å²) in [7, 11) is 0. The van der Waals surface area contributed by atoms with E-state index in [0.717, 1.165) is 23.2 Å². The molecule has 0 spiro atoms. The van der Waals surface area contributed by atoms with Crippen LogP contribution in [0.25, 0.3) is 11.3 Å². The van der Waals surface area contributed by atoms with Gasteiger partial charge in [-0.3, -0.25) is 4.98 Å². The molecule has 0 amide bonds. The number of carboxylic acids is 1. The molecule has 0 bridgehead atoms. The van der Waals surface area contributed by atoms with Gasteiger partial charge >= 0.3 is 5.97 Å². The van der Waals surface area contributed by atoms with Crippen LogP contribution in [-0.2, 0) is 6.42 Å². The molecule has 0 radical (unpaired) electrons. The van der Waals surface area contributed by atoms with Crippen molar-refractivity contribution in [1.82, 2.24) is 4.98 Å². The smallest absolute Gasteiger partial charge is 0.337 e. The van der Waals surface area contributed by atoms with E-state index in [-0.39, 0.29) is 5.56 Å². The Labute approximate surface area is 119 Å². The SMILES string of the molecule is CCCCc1ccc(-c2ncc(C(=O)O)cc2C)cc1. The maximum Gasteiger partial charge on any atom is 0.337 e. The number of carbonyl (C=O) groups is 1. The van der Waals surface area contributed by atoms with Gasteiger partial charge in [0.25, 0.3) is 0 Å². The Balaban J connectivity index is 2.25. The van der Waals surface area contributed by atoms with Crippen molar-refractivity contribution in [3.8, 4) is 11.3 Å². The van der Waals surface area contributed by atoms with Gasteiger partial charge in [0.1, 0.15) is 0 Å². The molecule has 2 rings (SSSR count). The molecule has 104 valence electrons. The highest BCUT2D eigenvalue weighted by molar-refractivity contribution is 5.88. The molecule has 0 unspecified atom stereocenters. The second-order valence-electron chi connectivity index (χ2n) is 5.00. The van der Waals surface area contributed by atoms with Gasteiger partial charge in [0.2, 0.25) is 0 Å². The van der Waals surface area contributed by atoms with Crippen molar-refractivity contribution in [2.75, 3.05) is 0 Å². The first-order valence-corrected chi connectivity index (χ1v) is 6.91. The van der Waals surface area contributed by atoms with Gasteiger partial charge in [-0.15, -0.1) is 0 Å². The maximum atomic E-state index is 10.9. The molecule has 0 fully saturated rings. The Morgan fingerprint density at radius 1 is 1.25 bits per heavy atom. The summed E-state index contributed by atoms with van der Waals surface area (Å²) in [6.45, 7) is 4.07. The van der Waals surface area contributed by atoms with Crippen LogP contribution >= 0.6 is 0 Å². The van der Waals surface area contributed by atoms with Crippen LogP contribution in [0.5, 0.6) is 0 Å². The minimum Gasteiger partial charge on any atom is -0.478 e. The predicted octanol–water partition coefficient (Wildman–Crippen LogP) is 4.10. The number of carboxylic acid groups (broad SMARTS) is 1. The molecule has 3 heteroatoms. The molecule has 0 atom stereocenters. The molecule has 1 N–H and O–H groups in total. The van der Waals surface area contributed by atoms with E-state index in [9.17, 15) is 4.79 Å². The van der Waals surface area contributed by atoms with Crippen LogP contribution in [0.4, 0.5) is 0 Å². The summed E-state index contributed by atoms with van der Waals surface area (Å²) >= 11 is 0. The first-order valence-electron chi connectivity index (χ1n) is 6.91. The summed E-state index contributed by atoms with van der Waals surface area (Å²) in [6, 6.07) is 10.0. The largest absolute Gasteiger partial charge is 0.478 e. The molecule has 0 aliphatic carbocycles. The van der Waals surface area contributed by atoms with Crippen LogP contribution in [0, 0.1) is 6.92 Å². The normalized spacial score (nSPS) is 10.5. The minimum atomic E-state index is -0.943. The van der Waals surface area contributed by atoms with E-state index in [1.807, 2.05) is 6.92 Å². The third kappa shape index (κ3) is 3.23. The average Bonchev–Trinajstić information content (AvgIpc) is 2.45. The van der Waals surface area contributed by atoms with Crippen molar-refractivity contribution in [3.63, 3.8) is 0 Å². The number of aryl methyl sites for hydroxylation is 2. The lowest BCUT2D eigenvalue weighted by Crippen LogP contribution is -1.99. The van der Waals surface area contributed by atoms with Crippen LogP contribution in [0.2, 0.25) is 0 Å². The molecule has 1 aromatic heterocycles. The highest BCUT2D eigenvalue weighted by Crippen LogP contribution is 2.22. The zero-order chi connectivity index (χ0) is 14.5. The lowest BCUT2D eigenvalue weighted by molar-refractivity contribution is 0.0696. The highest BCUT2D eigenvalue weighted by Gasteiger charge is 2.08. The van der Waals surface area contributed by atoms with Gasteiger partial charge in [-0.1, -0.05) is 37.6 Å². The lowest BCUT2D eigenvalue weighted by atomic mass is 10.0. The molecule has 0 aliphatic rings. The molecular weight excluding hydrogens is 250 g/mol. The number of unbranched alkanes of at least 4 members (excludes halogenated alkanes) is 1. The Morgan fingerprint density at radius 3 is 2.50 bits per heavy atom. The standard InChI is InChI=1S/C17H19NO2/c1-3-4-5-13-6-8-14(9-7-13)16-12(2)10-15(11-18-16)17(19)20/h6-11H,3-5H2,1-2H3,(H,19,20). The van der Waals surface area contributed by atoms with E-state index in [0.29, 0.717) is 0 Å². The molecule has 0 saturated heterocycles. The van der Waals surface area contributed by atoms with Crippen molar-refractivity contribution >= 4 is 5.97 Å². The molecule has 1 aromatic carbocycles. The van der Waals surface area contributed by atoms with Gasteiger partial charge in [-0.05, 0) is 37.0 Å². The molecule has 1 heterocycles. The first-order chi connectivity index (χ1) is 9.61. The average molecular weight is 269 g/mol. The van der Waals surface area contributed by atoms with Gasteiger partial charge in [0.05, 0.1) is 11.3 Å². The fourth-order valence-corrected chi connectivity index (χ4v) is 2.20. The zero-order valence-electron chi connectivity index (χ0n) is 11.9. The molecule has 2 aromatic rings. The number of aromatic nitrogens is 1. The molecule has 3 nitrogen and oxygen atoms in total.